The number of aromatic nitrogens is 3. The number of hydrogen-bond acceptors (Lipinski definition) is 2. The molecule has 4 nitrogen and oxygen atoms in total. The summed E-state index contributed by atoms with van der Waals surface area (Å²) in [5.41, 5.74) is 4.67. The summed E-state index contributed by atoms with van der Waals surface area (Å²) in [4.78, 5) is 10.0. The van der Waals surface area contributed by atoms with Crippen molar-refractivity contribution < 1.29 is 4.39 Å². The van der Waals surface area contributed by atoms with Crippen molar-refractivity contribution in [1.82, 2.24) is 19.4 Å². The maximum absolute atomic E-state index is 13.7. The average molecular weight is 376 g/mol. The number of nitrogens with zero attached hydrogens (tertiary/aromatic N) is 3. The highest BCUT2D eigenvalue weighted by Crippen LogP contribution is 2.23. The predicted molar refractivity (Wildman–Crippen MR) is 110 cm³/mol. The number of benzene rings is 2. The molecule has 1 N–H and O–H groups in total. The summed E-state index contributed by atoms with van der Waals surface area (Å²) in [7, 11) is 0. The molecule has 0 fully saturated rings. The molecule has 0 aliphatic heterocycles. The Morgan fingerprint density at radius 3 is 2.79 bits per heavy atom. The minimum Gasteiger partial charge on any atom is -0.357 e. The topological polar surface area (TPSA) is 36.9 Å². The molecule has 0 aliphatic rings. The van der Waals surface area contributed by atoms with Gasteiger partial charge >= 0.3 is 0 Å². The van der Waals surface area contributed by atoms with Crippen LogP contribution >= 0.6 is 0 Å². The number of fused-ring (bicyclic) bond motifs is 1. The lowest BCUT2D eigenvalue weighted by atomic mass is 10.1. The molecule has 2 heterocycles. The van der Waals surface area contributed by atoms with Crippen LogP contribution in [0.4, 0.5) is 4.39 Å². The fourth-order valence-electron chi connectivity index (χ4n) is 3.72. The Labute approximate surface area is 164 Å². The van der Waals surface area contributed by atoms with Gasteiger partial charge in [0.05, 0.1) is 6.33 Å². The molecule has 0 amide bonds. The lowest BCUT2D eigenvalue weighted by Gasteiger charge is -2.22. The summed E-state index contributed by atoms with van der Waals surface area (Å²) in [6.07, 6.45) is 6.64. The van der Waals surface area contributed by atoms with E-state index in [1.165, 1.54) is 28.2 Å². The van der Waals surface area contributed by atoms with E-state index in [2.05, 4.69) is 50.6 Å². The number of H-pyrrole nitrogens is 1. The standard InChI is InChI=1S/C23H25FN4/c1-18-21-8-2-3-9-22(21)26-23(18)16-28(12-5-11-27-13-10-25-17-27)15-19-6-4-7-20(24)14-19/h2-4,6-10,13-14,17,26H,5,11-12,15-16H2,1H3. The van der Waals surface area contributed by atoms with E-state index in [9.17, 15) is 4.39 Å². The van der Waals surface area contributed by atoms with Gasteiger partial charge in [0.1, 0.15) is 5.82 Å². The van der Waals surface area contributed by atoms with E-state index in [1.54, 1.807) is 18.3 Å². The van der Waals surface area contributed by atoms with Crippen LogP contribution in [0.15, 0.2) is 67.3 Å². The Kier molecular flexibility index (Phi) is 5.53. The molecule has 144 valence electrons. The summed E-state index contributed by atoms with van der Waals surface area (Å²) < 4.78 is 15.7. The Balaban J connectivity index is 1.51. The van der Waals surface area contributed by atoms with Crippen LogP contribution in [0.2, 0.25) is 0 Å². The zero-order valence-corrected chi connectivity index (χ0v) is 16.1. The minimum atomic E-state index is -0.183. The summed E-state index contributed by atoms with van der Waals surface area (Å²) in [5.74, 6) is -0.183. The van der Waals surface area contributed by atoms with Gasteiger partial charge in [0.25, 0.3) is 0 Å². The first-order valence-corrected chi connectivity index (χ1v) is 9.68. The second-order valence-electron chi connectivity index (χ2n) is 7.27. The van der Waals surface area contributed by atoms with Gasteiger partial charge in [-0.05, 0) is 42.7 Å². The number of imidazole rings is 1. The number of nitrogens with one attached hydrogen (secondary N) is 1. The van der Waals surface area contributed by atoms with Crippen molar-refractivity contribution in [2.24, 2.45) is 0 Å². The molecular formula is C23H25FN4. The second kappa shape index (κ2) is 8.40. The quantitative estimate of drug-likeness (QED) is 0.475. The van der Waals surface area contributed by atoms with Crippen molar-refractivity contribution in [1.29, 1.82) is 0 Å². The second-order valence-corrected chi connectivity index (χ2v) is 7.27. The minimum absolute atomic E-state index is 0.183. The van der Waals surface area contributed by atoms with Gasteiger partial charge in [-0.15, -0.1) is 0 Å². The number of halogens is 1. The molecule has 4 rings (SSSR count). The molecule has 0 spiro atoms. The number of rotatable bonds is 8. The summed E-state index contributed by atoms with van der Waals surface area (Å²) >= 11 is 0. The highest BCUT2D eigenvalue weighted by Gasteiger charge is 2.13. The van der Waals surface area contributed by atoms with Crippen LogP contribution in [0.1, 0.15) is 23.2 Å². The van der Waals surface area contributed by atoms with Crippen molar-refractivity contribution in [3.05, 3.63) is 89.9 Å². The van der Waals surface area contributed by atoms with Crippen LogP contribution in [0.5, 0.6) is 0 Å². The third kappa shape index (κ3) is 4.31. The van der Waals surface area contributed by atoms with Gasteiger partial charge in [-0.3, -0.25) is 4.90 Å². The van der Waals surface area contributed by atoms with Crippen LogP contribution in [0.3, 0.4) is 0 Å². The van der Waals surface area contributed by atoms with Crippen molar-refractivity contribution in [2.75, 3.05) is 6.54 Å². The molecule has 0 radical (unpaired) electrons. The summed E-state index contributed by atoms with van der Waals surface area (Å²) in [6.45, 7) is 5.53. The highest BCUT2D eigenvalue weighted by atomic mass is 19.1. The van der Waals surface area contributed by atoms with Gasteiger partial charge in [-0.1, -0.05) is 30.3 Å². The van der Waals surface area contributed by atoms with E-state index in [0.29, 0.717) is 0 Å². The molecule has 28 heavy (non-hydrogen) atoms. The van der Waals surface area contributed by atoms with E-state index in [-0.39, 0.29) is 5.82 Å². The first-order valence-electron chi connectivity index (χ1n) is 9.68. The average Bonchev–Trinajstić information content (AvgIpc) is 3.31. The Hall–Kier alpha value is -2.92. The highest BCUT2D eigenvalue weighted by molar-refractivity contribution is 5.84. The molecular weight excluding hydrogens is 351 g/mol. The number of aromatic amines is 1. The van der Waals surface area contributed by atoms with E-state index in [1.807, 2.05) is 18.6 Å². The molecule has 4 aromatic rings. The molecule has 0 unspecified atom stereocenters. The number of aryl methyl sites for hydroxylation is 2. The normalized spacial score (nSPS) is 11.5. The van der Waals surface area contributed by atoms with Crippen molar-refractivity contribution in [3.8, 4) is 0 Å². The third-order valence-corrected chi connectivity index (χ3v) is 5.20. The molecule has 0 bridgehead atoms. The molecule has 2 aromatic heterocycles. The number of para-hydroxylation sites is 1. The molecule has 0 aliphatic carbocycles. The Bertz CT molecular complexity index is 1040. The lowest BCUT2D eigenvalue weighted by molar-refractivity contribution is 0.245. The Morgan fingerprint density at radius 2 is 2.00 bits per heavy atom. The van der Waals surface area contributed by atoms with Crippen LogP contribution in [-0.4, -0.2) is 26.0 Å². The van der Waals surface area contributed by atoms with Crippen molar-refractivity contribution in [2.45, 2.75) is 33.0 Å². The van der Waals surface area contributed by atoms with Gasteiger partial charge in [0.2, 0.25) is 0 Å². The monoisotopic (exact) mass is 376 g/mol. The fourth-order valence-corrected chi connectivity index (χ4v) is 3.72. The van der Waals surface area contributed by atoms with E-state index in [0.717, 1.165) is 38.2 Å². The zero-order valence-electron chi connectivity index (χ0n) is 16.1. The van der Waals surface area contributed by atoms with Gasteiger partial charge in [0, 0.05) is 55.2 Å². The smallest absolute Gasteiger partial charge is 0.123 e. The van der Waals surface area contributed by atoms with Crippen LogP contribution < -0.4 is 0 Å². The van der Waals surface area contributed by atoms with Gasteiger partial charge in [0.15, 0.2) is 0 Å². The third-order valence-electron chi connectivity index (χ3n) is 5.20. The van der Waals surface area contributed by atoms with Gasteiger partial charge in [-0.25, -0.2) is 9.37 Å². The number of hydrogen-bond donors (Lipinski definition) is 1. The van der Waals surface area contributed by atoms with E-state index < -0.39 is 0 Å². The van der Waals surface area contributed by atoms with E-state index >= 15 is 0 Å². The largest absolute Gasteiger partial charge is 0.357 e. The maximum atomic E-state index is 13.7. The first kappa shape index (κ1) is 18.4. The van der Waals surface area contributed by atoms with Crippen LogP contribution in [0, 0.1) is 12.7 Å². The van der Waals surface area contributed by atoms with Gasteiger partial charge in [-0.2, -0.15) is 0 Å². The van der Waals surface area contributed by atoms with Crippen LogP contribution in [-0.2, 0) is 19.6 Å². The molecule has 0 saturated heterocycles. The molecule has 0 atom stereocenters. The van der Waals surface area contributed by atoms with E-state index in [4.69, 9.17) is 0 Å². The Morgan fingerprint density at radius 1 is 1.11 bits per heavy atom. The summed E-state index contributed by atoms with van der Waals surface area (Å²) in [6, 6.07) is 15.3. The van der Waals surface area contributed by atoms with Gasteiger partial charge < -0.3 is 9.55 Å². The molecule has 0 saturated carbocycles. The zero-order chi connectivity index (χ0) is 19.3. The fraction of sp³-hybridized carbons (Fsp3) is 0.261. The summed E-state index contributed by atoms with van der Waals surface area (Å²) in [5, 5.41) is 1.27. The molecule has 5 heteroatoms. The molecule has 2 aromatic carbocycles. The predicted octanol–water partition coefficient (Wildman–Crippen LogP) is 4.90. The van der Waals surface area contributed by atoms with Crippen molar-refractivity contribution >= 4 is 10.9 Å². The van der Waals surface area contributed by atoms with Crippen molar-refractivity contribution in [3.63, 3.8) is 0 Å². The first-order chi connectivity index (χ1) is 13.7. The SMILES string of the molecule is Cc1c(CN(CCCn2ccnc2)Cc2cccc(F)c2)[nH]c2ccccc12. The van der Waals surface area contributed by atoms with Crippen LogP contribution in [0.25, 0.3) is 10.9 Å². The maximum Gasteiger partial charge on any atom is 0.123 e. The lowest BCUT2D eigenvalue weighted by Crippen LogP contribution is -2.25.